The van der Waals surface area contributed by atoms with Crippen LogP contribution in [0.1, 0.15) is 32.0 Å². The molecule has 5 heteroatoms. The Morgan fingerprint density at radius 2 is 2.00 bits per heavy atom. The lowest BCUT2D eigenvalue weighted by atomic mass is 10.1. The fourth-order valence-electron chi connectivity index (χ4n) is 3.74. The van der Waals surface area contributed by atoms with Crippen LogP contribution in [-0.4, -0.2) is 22.0 Å². The van der Waals surface area contributed by atoms with Gasteiger partial charge in [-0.2, -0.15) is 0 Å². The Morgan fingerprint density at radius 1 is 1.19 bits per heavy atom. The van der Waals surface area contributed by atoms with Crippen molar-refractivity contribution in [1.29, 1.82) is 0 Å². The van der Waals surface area contributed by atoms with E-state index < -0.39 is 0 Å². The van der Waals surface area contributed by atoms with Gasteiger partial charge in [-0.15, -0.1) is 0 Å². The molecule has 1 fully saturated rings. The molecule has 0 radical (unpaired) electrons. The summed E-state index contributed by atoms with van der Waals surface area (Å²) in [6.07, 6.45) is 0.480. The highest BCUT2D eigenvalue weighted by Crippen LogP contribution is 2.34. The predicted molar refractivity (Wildman–Crippen MR) is 106 cm³/mol. The number of hydrogen-bond acceptors (Lipinski definition) is 2. The lowest BCUT2D eigenvalue weighted by molar-refractivity contribution is -0.117. The second-order valence-corrected chi connectivity index (χ2v) is 7.78. The molecule has 0 saturated carbocycles. The van der Waals surface area contributed by atoms with Gasteiger partial charge in [-0.25, -0.2) is 4.98 Å². The lowest BCUT2D eigenvalue weighted by Crippen LogP contribution is -2.24. The molecule has 1 amide bonds. The van der Waals surface area contributed by atoms with Crippen LogP contribution in [0.3, 0.4) is 0 Å². The maximum Gasteiger partial charge on any atom is 0.227 e. The Labute approximate surface area is 158 Å². The first kappa shape index (κ1) is 17.1. The summed E-state index contributed by atoms with van der Waals surface area (Å²) in [5.74, 6) is 1.73. The number of benzene rings is 2. The summed E-state index contributed by atoms with van der Waals surface area (Å²) in [5.41, 5.74) is 3.00. The van der Waals surface area contributed by atoms with Crippen molar-refractivity contribution in [1.82, 2.24) is 9.55 Å². The molecule has 2 heterocycles. The number of para-hydroxylation sites is 2. The zero-order chi connectivity index (χ0) is 18.3. The third-order valence-corrected chi connectivity index (χ3v) is 5.08. The van der Waals surface area contributed by atoms with Gasteiger partial charge in [0.25, 0.3) is 0 Å². The number of aromatic nitrogens is 2. The average Bonchev–Trinajstić information content (AvgIpc) is 3.16. The number of carbonyl (C=O) groups is 1. The third kappa shape index (κ3) is 3.10. The number of carbonyl (C=O) groups excluding carboxylic acids is 1. The molecule has 0 bridgehead atoms. The van der Waals surface area contributed by atoms with Gasteiger partial charge in [0.1, 0.15) is 5.82 Å². The smallest absolute Gasteiger partial charge is 0.227 e. The zero-order valence-electron chi connectivity index (χ0n) is 15.0. The summed E-state index contributed by atoms with van der Waals surface area (Å²) in [5, 5.41) is 0.644. The van der Waals surface area contributed by atoms with Gasteiger partial charge in [0.15, 0.2) is 0 Å². The van der Waals surface area contributed by atoms with Crippen LogP contribution in [0.2, 0.25) is 5.02 Å². The molecule has 0 aliphatic carbocycles. The monoisotopic (exact) mass is 367 g/mol. The number of anilines is 1. The van der Waals surface area contributed by atoms with Gasteiger partial charge in [0, 0.05) is 36.1 Å². The molecule has 1 aliphatic heterocycles. The van der Waals surface area contributed by atoms with E-state index in [0.717, 1.165) is 29.1 Å². The molecule has 1 aromatic heterocycles. The van der Waals surface area contributed by atoms with Crippen LogP contribution in [0.4, 0.5) is 5.69 Å². The predicted octanol–water partition coefficient (Wildman–Crippen LogP) is 4.87. The molecule has 1 unspecified atom stereocenters. The fraction of sp³-hybridized carbons (Fsp3) is 0.333. The molecular formula is C21H22ClN3O. The van der Waals surface area contributed by atoms with E-state index in [4.69, 9.17) is 16.6 Å². The largest absolute Gasteiger partial charge is 0.327 e. The topological polar surface area (TPSA) is 38.1 Å². The second-order valence-electron chi connectivity index (χ2n) is 7.35. The Morgan fingerprint density at radius 3 is 2.77 bits per heavy atom. The number of nitrogens with zero attached hydrogens (tertiary/aromatic N) is 3. The van der Waals surface area contributed by atoms with Crippen LogP contribution >= 0.6 is 11.6 Å². The van der Waals surface area contributed by atoms with Crippen LogP contribution in [-0.2, 0) is 11.3 Å². The van der Waals surface area contributed by atoms with Crippen molar-refractivity contribution >= 4 is 34.2 Å². The van der Waals surface area contributed by atoms with Gasteiger partial charge in [0.05, 0.1) is 11.0 Å². The number of halogens is 1. The molecule has 1 atom stereocenters. The molecule has 134 valence electrons. The molecule has 26 heavy (non-hydrogen) atoms. The standard InChI is InChI=1S/C21H22ClN3O/c1-14(2)12-25-19-9-4-3-8-18(19)23-21(25)15-10-20(26)24(13-15)17-7-5-6-16(22)11-17/h3-9,11,14-15H,10,12-13H2,1-2H3. The van der Waals surface area contributed by atoms with E-state index >= 15 is 0 Å². The van der Waals surface area contributed by atoms with E-state index in [1.807, 2.05) is 47.4 Å². The van der Waals surface area contributed by atoms with Crippen LogP contribution in [0, 0.1) is 5.92 Å². The van der Waals surface area contributed by atoms with E-state index in [1.165, 1.54) is 0 Å². The fourth-order valence-corrected chi connectivity index (χ4v) is 3.92. The van der Waals surface area contributed by atoms with Gasteiger partial charge in [0.2, 0.25) is 5.91 Å². The van der Waals surface area contributed by atoms with Crippen molar-refractivity contribution in [2.24, 2.45) is 5.92 Å². The van der Waals surface area contributed by atoms with E-state index in [0.29, 0.717) is 23.9 Å². The lowest BCUT2D eigenvalue weighted by Gasteiger charge is -2.18. The molecule has 2 aromatic carbocycles. The summed E-state index contributed by atoms with van der Waals surface area (Å²) in [6, 6.07) is 15.7. The minimum absolute atomic E-state index is 0.0904. The molecule has 0 spiro atoms. The normalized spacial score (nSPS) is 17.6. The molecule has 0 N–H and O–H groups in total. The Bertz CT molecular complexity index is 963. The van der Waals surface area contributed by atoms with E-state index in [2.05, 4.69) is 24.5 Å². The van der Waals surface area contributed by atoms with Gasteiger partial charge < -0.3 is 9.47 Å². The van der Waals surface area contributed by atoms with Crippen molar-refractivity contribution in [3.63, 3.8) is 0 Å². The van der Waals surface area contributed by atoms with E-state index in [-0.39, 0.29) is 11.8 Å². The molecule has 4 rings (SSSR count). The first-order valence-corrected chi connectivity index (χ1v) is 9.42. The maximum atomic E-state index is 12.7. The average molecular weight is 368 g/mol. The number of imidazole rings is 1. The minimum Gasteiger partial charge on any atom is -0.327 e. The minimum atomic E-state index is 0.0904. The molecule has 1 saturated heterocycles. The third-order valence-electron chi connectivity index (χ3n) is 4.84. The highest BCUT2D eigenvalue weighted by molar-refractivity contribution is 6.30. The van der Waals surface area contributed by atoms with Gasteiger partial charge >= 0.3 is 0 Å². The summed E-state index contributed by atoms with van der Waals surface area (Å²) in [4.78, 5) is 19.4. The quantitative estimate of drug-likeness (QED) is 0.660. The summed E-state index contributed by atoms with van der Waals surface area (Å²) in [6.45, 7) is 5.95. The van der Waals surface area contributed by atoms with Crippen molar-refractivity contribution in [3.8, 4) is 0 Å². The Balaban J connectivity index is 1.71. The van der Waals surface area contributed by atoms with E-state index in [9.17, 15) is 4.79 Å². The maximum absolute atomic E-state index is 12.7. The van der Waals surface area contributed by atoms with Crippen LogP contribution in [0.25, 0.3) is 11.0 Å². The second kappa shape index (κ2) is 6.76. The van der Waals surface area contributed by atoms with Gasteiger partial charge in [-0.1, -0.05) is 43.6 Å². The molecule has 1 aliphatic rings. The number of fused-ring (bicyclic) bond motifs is 1. The van der Waals surface area contributed by atoms with Gasteiger partial charge in [-0.3, -0.25) is 4.79 Å². The van der Waals surface area contributed by atoms with Crippen LogP contribution in [0.5, 0.6) is 0 Å². The summed E-state index contributed by atoms with van der Waals surface area (Å²) in [7, 11) is 0. The van der Waals surface area contributed by atoms with Crippen molar-refractivity contribution in [2.75, 3.05) is 11.4 Å². The Kier molecular flexibility index (Phi) is 4.45. The molecular weight excluding hydrogens is 346 g/mol. The van der Waals surface area contributed by atoms with Crippen LogP contribution < -0.4 is 4.90 Å². The molecule has 4 nitrogen and oxygen atoms in total. The summed E-state index contributed by atoms with van der Waals surface area (Å²) < 4.78 is 2.29. The number of amides is 1. The Hall–Kier alpha value is -2.33. The van der Waals surface area contributed by atoms with Crippen molar-refractivity contribution in [2.45, 2.75) is 32.7 Å². The number of hydrogen-bond donors (Lipinski definition) is 0. The molecule has 3 aromatic rings. The highest BCUT2D eigenvalue weighted by atomic mass is 35.5. The number of rotatable bonds is 4. The van der Waals surface area contributed by atoms with Crippen LogP contribution in [0.15, 0.2) is 48.5 Å². The summed E-state index contributed by atoms with van der Waals surface area (Å²) >= 11 is 6.11. The first-order valence-electron chi connectivity index (χ1n) is 9.04. The van der Waals surface area contributed by atoms with Crippen molar-refractivity contribution < 1.29 is 4.79 Å². The zero-order valence-corrected chi connectivity index (χ0v) is 15.8. The van der Waals surface area contributed by atoms with Crippen molar-refractivity contribution in [3.05, 3.63) is 59.4 Å². The SMILES string of the molecule is CC(C)Cn1c(C2CC(=O)N(c3cccc(Cl)c3)C2)nc2ccccc21. The highest BCUT2D eigenvalue weighted by Gasteiger charge is 2.34. The van der Waals surface area contributed by atoms with E-state index in [1.54, 1.807) is 0 Å². The first-order chi connectivity index (χ1) is 12.5. The van der Waals surface area contributed by atoms with Gasteiger partial charge in [-0.05, 0) is 36.2 Å².